The molecule has 2 aliphatic rings. The van der Waals surface area contributed by atoms with Crippen LogP contribution in [-0.2, 0) is 4.74 Å². The summed E-state index contributed by atoms with van der Waals surface area (Å²) in [6.07, 6.45) is 1.73. The summed E-state index contributed by atoms with van der Waals surface area (Å²) in [5, 5.41) is 2.82. The molecule has 1 saturated carbocycles. The molecule has 0 aromatic heterocycles. The van der Waals surface area contributed by atoms with Gasteiger partial charge in [-0.15, -0.1) is 0 Å². The number of carbonyl (C=O) groups excluding carboxylic acids is 3. The third-order valence-corrected chi connectivity index (χ3v) is 4.34. The van der Waals surface area contributed by atoms with Crippen molar-refractivity contribution in [1.29, 1.82) is 0 Å². The number of ether oxygens (including phenoxy) is 1. The van der Waals surface area contributed by atoms with E-state index in [0.717, 1.165) is 12.8 Å². The third kappa shape index (κ3) is 3.00. The van der Waals surface area contributed by atoms with E-state index in [9.17, 15) is 14.4 Å². The zero-order chi connectivity index (χ0) is 17.5. The number of nitrogens with zero attached hydrogens (tertiary/aromatic N) is 1. The first kappa shape index (κ1) is 16.5. The van der Waals surface area contributed by atoms with Crippen molar-refractivity contribution in [3.8, 4) is 0 Å². The summed E-state index contributed by atoms with van der Waals surface area (Å²) in [5.41, 5.74) is 0.282. The van der Waals surface area contributed by atoms with Crippen molar-refractivity contribution in [2.75, 3.05) is 0 Å². The van der Waals surface area contributed by atoms with Gasteiger partial charge < -0.3 is 10.1 Å². The molecule has 24 heavy (non-hydrogen) atoms. The molecule has 0 radical (unpaired) electrons. The molecule has 2 atom stereocenters. The van der Waals surface area contributed by atoms with Gasteiger partial charge in [0, 0.05) is 0 Å². The van der Waals surface area contributed by atoms with Crippen molar-refractivity contribution >= 4 is 17.9 Å². The number of fused-ring (bicyclic) bond motifs is 1. The van der Waals surface area contributed by atoms with E-state index in [1.165, 1.54) is 4.90 Å². The molecule has 1 aliphatic carbocycles. The average Bonchev–Trinajstić information content (AvgIpc) is 3.01. The predicted molar refractivity (Wildman–Crippen MR) is 87.7 cm³/mol. The van der Waals surface area contributed by atoms with Gasteiger partial charge in [0.1, 0.15) is 5.60 Å². The lowest BCUT2D eigenvalue weighted by Gasteiger charge is -2.29. The van der Waals surface area contributed by atoms with Crippen LogP contribution in [0.5, 0.6) is 0 Å². The van der Waals surface area contributed by atoms with E-state index in [4.69, 9.17) is 4.74 Å². The first-order valence-corrected chi connectivity index (χ1v) is 8.24. The van der Waals surface area contributed by atoms with Gasteiger partial charge in [0.2, 0.25) is 0 Å². The molecule has 6 heteroatoms. The second-order valence-corrected chi connectivity index (χ2v) is 7.28. The molecular weight excluding hydrogens is 308 g/mol. The lowest BCUT2D eigenvalue weighted by atomic mass is 10.1. The van der Waals surface area contributed by atoms with E-state index in [0.29, 0.717) is 17.5 Å². The summed E-state index contributed by atoms with van der Waals surface area (Å²) in [7, 11) is 0. The van der Waals surface area contributed by atoms with Gasteiger partial charge in [-0.3, -0.25) is 14.5 Å². The van der Waals surface area contributed by atoms with Crippen LogP contribution in [-0.4, -0.2) is 40.5 Å². The fourth-order valence-corrected chi connectivity index (χ4v) is 3.39. The zero-order valence-electron chi connectivity index (χ0n) is 14.2. The van der Waals surface area contributed by atoms with E-state index >= 15 is 0 Å². The smallest absolute Gasteiger partial charge is 0.407 e. The van der Waals surface area contributed by atoms with Crippen molar-refractivity contribution in [2.45, 2.75) is 57.7 Å². The number of hydrogen-bond acceptors (Lipinski definition) is 4. The maximum Gasteiger partial charge on any atom is 0.407 e. The largest absolute Gasteiger partial charge is 0.444 e. The van der Waals surface area contributed by atoms with Crippen molar-refractivity contribution in [2.24, 2.45) is 0 Å². The van der Waals surface area contributed by atoms with Gasteiger partial charge in [-0.1, -0.05) is 12.1 Å². The quantitative estimate of drug-likeness (QED) is 0.846. The van der Waals surface area contributed by atoms with Crippen LogP contribution < -0.4 is 5.32 Å². The summed E-state index contributed by atoms with van der Waals surface area (Å²) in [6.45, 7) is 5.38. The molecule has 6 nitrogen and oxygen atoms in total. The van der Waals surface area contributed by atoms with Crippen molar-refractivity contribution in [3.05, 3.63) is 35.4 Å². The molecule has 128 valence electrons. The molecule has 1 fully saturated rings. The van der Waals surface area contributed by atoms with E-state index in [-0.39, 0.29) is 23.9 Å². The Hall–Kier alpha value is -2.37. The number of amides is 3. The number of nitrogens with one attached hydrogen (secondary N) is 1. The molecule has 1 aliphatic heterocycles. The Kier molecular flexibility index (Phi) is 4.07. The van der Waals surface area contributed by atoms with E-state index in [2.05, 4.69) is 5.32 Å². The van der Waals surface area contributed by atoms with Gasteiger partial charge in [0.15, 0.2) is 0 Å². The Balaban J connectivity index is 1.76. The van der Waals surface area contributed by atoms with Gasteiger partial charge in [0.05, 0.1) is 23.2 Å². The van der Waals surface area contributed by atoms with Crippen molar-refractivity contribution in [3.63, 3.8) is 0 Å². The molecule has 1 aromatic carbocycles. The van der Waals surface area contributed by atoms with Crippen LogP contribution in [0, 0.1) is 0 Å². The lowest BCUT2D eigenvalue weighted by Crippen LogP contribution is -2.51. The second kappa shape index (κ2) is 5.92. The van der Waals surface area contributed by atoms with E-state index in [1.807, 2.05) is 0 Å². The van der Waals surface area contributed by atoms with Crippen molar-refractivity contribution < 1.29 is 19.1 Å². The molecule has 1 heterocycles. The summed E-state index contributed by atoms with van der Waals surface area (Å²) < 4.78 is 5.29. The van der Waals surface area contributed by atoms with Crippen LogP contribution in [0.25, 0.3) is 0 Å². The summed E-state index contributed by atoms with van der Waals surface area (Å²) in [5.74, 6) is -0.558. The Morgan fingerprint density at radius 1 is 1.12 bits per heavy atom. The van der Waals surface area contributed by atoms with Crippen LogP contribution >= 0.6 is 0 Å². The Morgan fingerprint density at radius 3 is 2.25 bits per heavy atom. The van der Waals surface area contributed by atoms with Crippen LogP contribution in [0.3, 0.4) is 0 Å². The fraction of sp³-hybridized carbons (Fsp3) is 0.500. The molecule has 3 rings (SSSR count). The minimum absolute atomic E-state index is 0.276. The minimum Gasteiger partial charge on any atom is -0.444 e. The monoisotopic (exact) mass is 330 g/mol. The highest BCUT2D eigenvalue weighted by Gasteiger charge is 2.44. The van der Waals surface area contributed by atoms with E-state index < -0.39 is 11.7 Å². The topological polar surface area (TPSA) is 75.7 Å². The number of benzene rings is 1. The van der Waals surface area contributed by atoms with Gasteiger partial charge >= 0.3 is 6.09 Å². The van der Waals surface area contributed by atoms with E-state index in [1.54, 1.807) is 45.0 Å². The van der Waals surface area contributed by atoms with Crippen LogP contribution in [0.1, 0.15) is 60.7 Å². The molecule has 1 aromatic rings. The van der Waals surface area contributed by atoms with Crippen molar-refractivity contribution in [1.82, 2.24) is 10.2 Å². The Morgan fingerprint density at radius 2 is 1.71 bits per heavy atom. The highest BCUT2D eigenvalue weighted by atomic mass is 16.6. The Labute approximate surface area is 141 Å². The van der Waals surface area contributed by atoms with Crippen LogP contribution in [0.2, 0.25) is 0 Å². The first-order chi connectivity index (χ1) is 11.3. The van der Waals surface area contributed by atoms with Gasteiger partial charge in [0.25, 0.3) is 11.8 Å². The Bertz CT molecular complexity index is 658. The molecule has 1 N–H and O–H groups in total. The molecule has 0 unspecified atom stereocenters. The summed E-state index contributed by atoms with van der Waals surface area (Å²) in [4.78, 5) is 38.6. The minimum atomic E-state index is -0.590. The normalized spacial score (nSPS) is 23.4. The van der Waals surface area contributed by atoms with Gasteiger partial charge in [-0.25, -0.2) is 4.79 Å². The van der Waals surface area contributed by atoms with Gasteiger partial charge in [-0.2, -0.15) is 0 Å². The third-order valence-electron chi connectivity index (χ3n) is 4.34. The van der Waals surface area contributed by atoms with Crippen LogP contribution in [0.4, 0.5) is 4.79 Å². The maximum atomic E-state index is 12.6. The lowest BCUT2D eigenvalue weighted by molar-refractivity contribution is 0.0431. The molecule has 0 bridgehead atoms. The molecule has 0 saturated heterocycles. The number of rotatable bonds is 2. The predicted octanol–water partition coefficient (Wildman–Crippen LogP) is 2.73. The first-order valence-electron chi connectivity index (χ1n) is 8.24. The fourth-order valence-electron chi connectivity index (χ4n) is 3.39. The molecular formula is C18H22N2O4. The number of imide groups is 1. The molecule has 3 amide bonds. The summed E-state index contributed by atoms with van der Waals surface area (Å²) >= 11 is 0. The zero-order valence-corrected chi connectivity index (χ0v) is 14.2. The SMILES string of the molecule is CC(C)(C)OC(=O)N[C@H]1CCC[C@H]1N1C(=O)c2ccccc2C1=O. The van der Waals surface area contributed by atoms with Gasteiger partial charge in [-0.05, 0) is 52.2 Å². The highest BCUT2D eigenvalue weighted by Crippen LogP contribution is 2.32. The van der Waals surface area contributed by atoms with Crippen LogP contribution in [0.15, 0.2) is 24.3 Å². The standard InChI is InChI=1S/C18H22N2O4/c1-18(2,3)24-17(23)19-13-9-6-10-14(13)20-15(21)11-7-4-5-8-12(11)16(20)22/h4-5,7-8,13-14H,6,9-10H2,1-3H3,(H,19,23)/t13-,14+/m0/s1. The summed E-state index contributed by atoms with van der Waals surface area (Å²) in [6, 6.07) is 6.23. The number of carbonyl (C=O) groups is 3. The maximum absolute atomic E-state index is 12.6. The number of alkyl carbamates (subject to hydrolysis) is 1. The molecule has 0 spiro atoms. The number of hydrogen-bond donors (Lipinski definition) is 1. The highest BCUT2D eigenvalue weighted by molar-refractivity contribution is 6.21. The second-order valence-electron chi connectivity index (χ2n) is 7.28. The average molecular weight is 330 g/mol.